The zero-order valence-corrected chi connectivity index (χ0v) is 13.3. The predicted molar refractivity (Wildman–Crippen MR) is 93.6 cm³/mol. The molecule has 0 atom stereocenters. The van der Waals surface area contributed by atoms with Crippen LogP contribution in [0.1, 0.15) is 20.9 Å². The van der Waals surface area contributed by atoms with Gasteiger partial charge >= 0.3 is 0 Å². The van der Waals surface area contributed by atoms with E-state index in [2.05, 4.69) is 10.6 Å². The van der Waals surface area contributed by atoms with Crippen molar-refractivity contribution < 1.29 is 14.0 Å². The van der Waals surface area contributed by atoms with Crippen molar-refractivity contribution in [3.8, 4) is 0 Å². The van der Waals surface area contributed by atoms with Gasteiger partial charge in [0.1, 0.15) is 5.58 Å². The number of benzene rings is 2. The normalized spacial score (nSPS) is 10.4. The van der Waals surface area contributed by atoms with Crippen molar-refractivity contribution in [2.24, 2.45) is 0 Å². The molecule has 25 heavy (non-hydrogen) atoms. The molecule has 0 saturated heterocycles. The van der Waals surface area contributed by atoms with Gasteiger partial charge in [0.2, 0.25) is 0 Å². The van der Waals surface area contributed by atoms with Crippen molar-refractivity contribution in [3.05, 3.63) is 82.2 Å². The molecular weight excluding hydrogens is 320 g/mol. The van der Waals surface area contributed by atoms with Crippen LogP contribution < -0.4 is 16.1 Å². The van der Waals surface area contributed by atoms with Crippen molar-refractivity contribution in [2.45, 2.75) is 0 Å². The summed E-state index contributed by atoms with van der Waals surface area (Å²) in [5, 5.41) is 5.74. The smallest absolute Gasteiger partial charge is 0.287 e. The van der Waals surface area contributed by atoms with Crippen LogP contribution in [0.2, 0.25) is 0 Å². The van der Waals surface area contributed by atoms with Gasteiger partial charge in [-0.3, -0.25) is 14.4 Å². The number of fused-ring (bicyclic) bond motifs is 1. The number of carbonyl (C=O) groups excluding carboxylic acids is 2. The lowest BCUT2D eigenvalue weighted by Crippen LogP contribution is -2.34. The lowest BCUT2D eigenvalue weighted by atomic mass is 10.2. The standard InChI is InChI=1S/C19H16N2O4/c22-15-12-17(25-16-9-5-4-8-14(15)16)19(24)21-11-10-20-18(23)13-6-2-1-3-7-13/h1-9,12H,10-11H2,(H,20,23)(H,21,24). The minimum atomic E-state index is -0.503. The fraction of sp³-hybridized carbons (Fsp3) is 0.105. The van der Waals surface area contributed by atoms with E-state index in [1.165, 1.54) is 6.07 Å². The maximum atomic E-state index is 12.1. The van der Waals surface area contributed by atoms with Crippen molar-refractivity contribution in [3.63, 3.8) is 0 Å². The Bertz CT molecular complexity index is 964. The molecule has 1 heterocycles. The third kappa shape index (κ3) is 3.92. The van der Waals surface area contributed by atoms with Gasteiger partial charge in [0.15, 0.2) is 11.2 Å². The van der Waals surface area contributed by atoms with Crippen LogP contribution in [-0.4, -0.2) is 24.9 Å². The average molecular weight is 336 g/mol. The van der Waals surface area contributed by atoms with Gasteiger partial charge in [-0.2, -0.15) is 0 Å². The second-order valence-electron chi connectivity index (χ2n) is 5.35. The summed E-state index contributed by atoms with van der Waals surface area (Å²) in [5.41, 5.74) is 0.635. The van der Waals surface area contributed by atoms with E-state index >= 15 is 0 Å². The largest absolute Gasteiger partial charge is 0.451 e. The number of amides is 2. The molecule has 0 spiro atoms. The van der Waals surface area contributed by atoms with Gasteiger partial charge in [-0.05, 0) is 24.3 Å². The summed E-state index contributed by atoms with van der Waals surface area (Å²) in [5.74, 6) is -0.776. The molecule has 6 heteroatoms. The predicted octanol–water partition coefficient (Wildman–Crippen LogP) is 1.95. The molecule has 0 fully saturated rings. The maximum absolute atomic E-state index is 12.1. The molecule has 0 aliphatic carbocycles. The number of para-hydroxylation sites is 1. The molecule has 2 amide bonds. The van der Waals surface area contributed by atoms with E-state index in [0.29, 0.717) is 16.5 Å². The van der Waals surface area contributed by atoms with Crippen molar-refractivity contribution in [2.75, 3.05) is 13.1 Å². The summed E-state index contributed by atoms with van der Waals surface area (Å²) in [6.07, 6.45) is 0. The Morgan fingerprint density at radius 2 is 1.48 bits per heavy atom. The summed E-state index contributed by atoms with van der Waals surface area (Å²) >= 11 is 0. The molecule has 2 N–H and O–H groups in total. The van der Waals surface area contributed by atoms with E-state index in [1.54, 1.807) is 48.5 Å². The maximum Gasteiger partial charge on any atom is 0.287 e. The van der Waals surface area contributed by atoms with Crippen molar-refractivity contribution in [1.82, 2.24) is 10.6 Å². The number of rotatable bonds is 5. The van der Waals surface area contributed by atoms with Crippen LogP contribution in [0.5, 0.6) is 0 Å². The molecule has 2 aromatic carbocycles. The molecule has 0 aliphatic heterocycles. The first-order valence-corrected chi connectivity index (χ1v) is 7.79. The minimum absolute atomic E-state index is 0.0573. The molecular formula is C19H16N2O4. The van der Waals surface area contributed by atoms with Crippen LogP contribution in [0.15, 0.2) is 69.9 Å². The van der Waals surface area contributed by atoms with Crippen LogP contribution in [0.4, 0.5) is 0 Å². The fourth-order valence-electron chi connectivity index (χ4n) is 2.35. The van der Waals surface area contributed by atoms with Crippen LogP contribution in [0, 0.1) is 0 Å². The molecule has 0 aliphatic rings. The van der Waals surface area contributed by atoms with E-state index in [-0.39, 0.29) is 30.2 Å². The second kappa shape index (κ2) is 7.44. The van der Waals surface area contributed by atoms with E-state index in [4.69, 9.17) is 4.42 Å². The number of carbonyl (C=O) groups is 2. The monoisotopic (exact) mass is 336 g/mol. The van der Waals surface area contributed by atoms with Gasteiger partial charge < -0.3 is 15.1 Å². The highest BCUT2D eigenvalue weighted by molar-refractivity contribution is 5.94. The lowest BCUT2D eigenvalue weighted by Gasteiger charge is -2.07. The first kappa shape index (κ1) is 16.4. The molecule has 6 nitrogen and oxygen atoms in total. The molecule has 1 aromatic heterocycles. The fourth-order valence-corrected chi connectivity index (χ4v) is 2.35. The quantitative estimate of drug-likeness (QED) is 0.697. The lowest BCUT2D eigenvalue weighted by molar-refractivity contribution is 0.0911. The number of hydrogen-bond donors (Lipinski definition) is 2. The first-order chi connectivity index (χ1) is 12.1. The Labute approximate surface area is 143 Å². The van der Waals surface area contributed by atoms with Crippen LogP contribution >= 0.6 is 0 Å². The Morgan fingerprint density at radius 3 is 2.24 bits per heavy atom. The van der Waals surface area contributed by atoms with Gasteiger partial charge in [-0.15, -0.1) is 0 Å². The zero-order valence-electron chi connectivity index (χ0n) is 13.3. The van der Waals surface area contributed by atoms with Gasteiger partial charge in [0.25, 0.3) is 11.8 Å². The van der Waals surface area contributed by atoms with Crippen molar-refractivity contribution in [1.29, 1.82) is 0 Å². The highest BCUT2D eigenvalue weighted by atomic mass is 16.3. The summed E-state index contributed by atoms with van der Waals surface area (Å²) in [4.78, 5) is 35.9. The molecule has 126 valence electrons. The highest BCUT2D eigenvalue weighted by Crippen LogP contribution is 2.11. The van der Waals surface area contributed by atoms with Crippen LogP contribution in [0.25, 0.3) is 11.0 Å². The SMILES string of the molecule is O=C(NCCNC(=O)c1cc(=O)c2ccccc2o1)c1ccccc1. The molecule has 0 radical (unpaired) electrons. The summed E-state index contributed by atoms with van der Waals surface area (Å²) in [7, 11) is 0. The van der Waals surface area contributed by atoms with Crippen LogP contribution in [0.3, 0.4) is 0 Å². The minimum Gasteiger partial charge on any atom is -0.451 e. The topological polar surface area (TPSA) is 88.4 Å². The first-order valence-electron chi connectivity index (χ1n) is 7.79. The van der Waals surface area contributed by atoms with E-state index < -0.39 is 5.91 Å². The number of hydrogen-bond acceptors (Lipinski definition) is 4. The molecule has 0 bridgehead atoms. The molecule has 3 rings (SSSR count). The van der Waals surface area contributed by atoms with E-state index in [9.17, 15) is 14.4 Å². The van der Waals surface area contributed by atoms with E-state index in [0.717, 1.165) is 0 Å². The van der Waals surface area contributed by atoms with Crippen LogP contribution in [-0.2, 0) is 0 Å². The highest BCUT2D eigenvalue weighted by Gasteiger charge is 2.12. The van der Waals surface area contributed by atoms with Gasteiger partial charge in [-0.1, -0.05) is 30.3 Å². The van der Waals surface area contributed by atoms with Gasteiger partial charge in [0, 0.05) is 24.7 Å². The van der Waals surface area contributed by atoms with Gasteiger partial charge in [-0.25, -0.2) is 0 Å². The zero-order chi connectivity index (χ0) is 17.6. The van der Waals surface area contributed by atoms with Crippen molar-refractivity contribution >= 4 is 22.8 Å². The third-order valence-corrected chi connectivity index (χ3v) is 3.59. The Kier molecular flexibility index (Phi) is 4.89. The molecule has 3 aromatic rings. The Hall–Kier alpha value is -3.41. The molecule has 0 saturated carbocycles. The number of nitrogens with one attached hydrogen (secondary N) is 2. The van der Waals surface area contributed by atoms with E-state index in [1.807, 2.05) is 6.07 Å². The summed E-state index contributed by atoms with van der Waals surface area (Å²) in [6.45, 7) is 0.477. The summed E-state index contributed by atoms with van der Waals surface area (Å²) in [6, 6.07) is 16.7. The Morgan fingerprint density at radius 1 is 0.840 bits per heavy atom. The Balaban J connectivity index is 1.56. The second-order valence-corrected chi connectivity index (χ2v) is 5.35. The molecule has 0 unspecified atom stereocenters. The van der Waals surface area contributed by atoms with Gasteiger partial charge in [0.05, 0.1) is 5.39 Å². The average Bonchev–Trinajstić information content (AvgIpc) is 2.65. The summed E-state index contributed by atoms with van der Waals surface area (Å²) < 4.78 is 5.45. The third-order valence-electron chi connectivity index (χ3n) is 3.59.